The van der Waals surface area contributed by atoms with Gasteiger partial charge in [-0.15, -0.1) is 0 Å². The molecule has 1 spiro atoms. The Bertz CT molecular complexity index is 572. The van der Waals surface area contributed by atoms with Gasteiger partial charge in [0.25, 0.3) is 0 Å². The zero-order valence-corrected chi connectivity index (χ0v) is 12.8. The first kappa shape index (κ1) is 15.2. The maximum atomic E-state index is 13.1. The lowest BCUT2D eigenvalue weighted by Crippen LogP contribution is -2.51. The Balaban J connectivity index is 1.93. The number of halogens is 1. The Morgan fingerprint density at radius 2 is 1.77 bits per heavy atom. The van der Waals surface area contributed by atoms with Gasteiger partial charge in [-0.3, -0.25) is 9.59 Å². The van der Waals surface area contributed by atoms with Crippen molar-refractivity contribution in [1.82, 2.24) is 0 Å². The van der Waals surface area contributed by atoms with Crippen LogP contribution in [0, 0.1) is 17.2 Å². The highest BCUT2D eigenvalue weighted by Gasteiger charge is 2.55. The van der Waals surface area contributed by atoms with Crippen LogP contribution in [0.1, 0.15) is 57.1 Å². The molecular formula is C18H21FO3. The first-order valence-electron chi connectivity index (χ1n) is 8.09. The van der Waals surface area contributed by atoms with Crippen molar-refractivity contribution >= 4 is 11.8 Å². The van der Waals surface area contributed by atoms with Crippen LogP contribution in [0.3, 0.4) is 0 Å². The quantitative estimate of drug-likeness (QED) is 0.613. The predicted molar refractivity (Wildman–Crippen MR) is 79.5 cm³/mol. The molecule has 0 unspecified atom stereocenters. The summed E-state index contributed by atoms with van der Waals surface area (Å²) >= 11 is 0. The molecule has 2 atom stereocenters. The standard InChI is InChI=1S/C18H21FO3/c1-2-14-15(12-6-8-13(19)9-7-12)22-17(21)18(16(14)20)10-4-3-5-11-18/h6-9,14-15H,2-5,10-11H2,1H3/t14-,15-/m0/s1. The zero-order valence-electron chi connectivity index (χ0n) is 12.8. The van der Waals surface area contributed by atoms with Gasteiger partial charge in [0.2, 0.25) is 0 Å². The Morgan fingerprint density at radius 3 is 2.36 bits per heavy atom. The molecule has 2 fully saturated rings. The predicted octanol–water partition coefficient (Wildman–Crippen LogP) is 3.97. The normalized spacial score (nSPS) is 27.7. The molecular weight excluding hydrogens is 283 g/mol. The summed E-state index contributed by atoms with van der Waals surface area (Å²) in [5, 5.41) is 0. The molecule has 1 aliphatic carbocycles. The molecule has 1 saturated heterocycles. The zero-order chi connectivity index (χ0) is 15.7. The van der Waals surface area contributed by atoms with Crippen LogP contribution in [-0.2, 0) is 14.3 Å². The van der Waals surface area contributed by atoms with Gasteiger partial charge in [0.05, 0.1) is 5.92 Å². The smallest absolute Gasteiger partial charge is 0.320 e. The highest BCUT2D eigenvalue weighted by Crippen LogP contribution is 2.48. The van der Waals surface area contributed by atoms with E-state index in [4.69, 9.17) is 4.74 Å². The summed E-state index contributed by atoms with van der Waals surface area (Å²) in [7, 11) is 0. The van der Waals surface area contributed by atoms with Gasteiger partial charge in [-0.05, 0) is 37.0 Å². The second kappa shape index (κ2) is 5.82. The van der Waals surface area contributed by atoms with Crippen LogP contribution in [-0.4, -0.2) is 11.8 Å². The molecule has 2 aliphatic rings. The number of hydrogen-bond acceptors (Lipinski definition) is 3. The average molecular weight is 304 g/mol. The van der Waals surface area contributed by atoms with E-state index in [-0.39, 0.29) is 23.5 Å². The number of hydrogen-bond donors (Lipinski definition) is 0. The highest BCUT2D eigenvalue weighted by molar-refractivity contribution is 6.07. The summed E-state index contributed by atoms with van der Waals surface area (Å²) in [5.41, 5.74) is -0.226. The number of Topliss-reactive ketones (excluding diaryl/α,β-unsaturated/α-hetero) is 1. The third-order valence-corrected chi connectivity index (χ3v) is 5.14. The summed E-state index contributed by atoms with van der Waals surface area (Å²) in [6.45, 7) is 1.94. The van der Waals surface area contributed by atoms with Crippen LogP contribution in [0.2, 0.25) is 0 Å². The summed E-state index contributed by atoms with van der Waals surface area (Å²) in [4.78, 5) is 25.6. The Hall–Kier alpha value is -1.71. The van der Waals surface area contributed by atoms with Crippen LogP contribution in [0.5, 0.6) is 0 Å². The van der Waals surface area contributed by atoms with Gasteiger partial charge in [0, 0.05) is 0 Å². The number of cyclic esters (lactones) is 1. The van der Waals surface area contributed by atoms with Gasteiger partial charge in [0.15, 0.2) is 5.78 Å². The van der Waals surface area contributed by atoms with Crippen molar-refractivity contribution in [3.05, 3.63) is 35.6 Å². The van der Waals surface area contributed by atoms with E-state index in [1.807, 2.05) is 6.92 Å². The summed E-state index contributed by atoms with van der Waals surface area (Å²) in [6.07, 6.45) is 4.13. The largest absolute Gasteiger partial charge is 0.456 e. The lowest BCUT2D eigenvalue weighted by Gasteiger charge is -2.43. The fourth-order valence-electron chi connectivity index (χ4n) is 3.86. The van der Waals surface area contributed by atoms with Crippen LogP contribution in [0.25, 0.3) is 0 Å². The van der Waals surface area contributed by atoms with Gasteiger partial charge < -0.3 is 4.74 Å². The van der Waals surface area contributed by atoms with Crippen molar-refractivity contribution in [1.29, 1.82) is 0 Å². The van der Waals surface area contributed by atoms with Crippen molar-refractivity contribution in [2.24, 2.45) is 11.3 Å². The Kier molecular flexibility index (Phi) is 4.02. The monoisotopic (exact) mass is 304 g/mol. The second-order valence-electron chi connectivity index (χ2n) is 6.40. The molecule has 118 valence electrons. The van der Waals surface area contributed by atoms with E-state index >= 15 is 0 Å². The van der Waals surface area contributed by atoms with Gasteiger partial charge in [-0.2, -0.15) is 0 Å². The van der Waals surface area contributed by atoms with Crippen LogP contribution in [0.4, 0.5) is 4.39 Å². The van der Waals surface area contributed by atoms with Crippen molar-refractivity contribution < 1.29 is 18.7 Å². The van der Waals surface area contributed by atoms with E-state index in [0.29, 0.717) is 24.8 Å². The van der Waals surface area contributed by atoms with Crippen molar-refractivity contribution in [2.75, 3.05) is 0 Å². The van der Waals surface area contributed by atoms with E-state index in [2.05, 4.69) is 0 Å². The fraction of sp³-hybridized carbons (Fsp3) is 0.556. The number of rotatable bonds is 2. The summed E-state index contributed by atoms with van der Waals surface area (Å²) in [6, 6.07) is 5.88. The van der Waals surface area contributed by atoms with Gasteiger partial charge >= 0.3 is 5.97 Å². The maximum absolute atomic E-state index is 13.1. The lowest BCUT2D eigenvalue weighted by atomic mass is 9.64. The molecule has 0 N–H and O–H groups in total. The molecule has 3 rings (SSSR count). The van der Waals surface area contributed by atoms with E-state index < -0.39 is 11.5 Å². The van der Waals surface area contributed by atoms with Gasteiger partial charge in [-0.25, -0.2) is 4.39 Å². The number of ether oxygens (including phenoxy) is 1. The molecule has 0 amide bonds. The van der Waals surface area contributed by atoms with Gasteiger partial charge in [-0.1, -0.05) is 38.3 Å². The van der Waals surface area contributed by atoms with E-state index in [0.717, 1.165) is 19.3 Å². The Labute approximate surface area is 129 Å². The van der Waals surface area contributed by atoms with Crippen molar-refractivity contribution in [3.63, 3.8) is 0 Å². The molecule has 0 aromatic heterocycles. The maximum Gasteiger partial charge on any atom is 0.320 e. The highest BCUT2D eigenvalue weighted by atomic mass is 19.1. The number of carbonyl (C=O) groups is 2. The van der Waals surface area contributed by atoms with Crippen molar-refractivity contribution in [2.45, 2.75) is 51.6 Å². The summed E-state index contributed by atoms with van der Waals surface area (Å²) < 4.78 is 18.8. The topological polar surface area (TPSA) is 43.4 Å². The molecule has 22 heavy (non-hydrogen) atoms. The molecule has 1 saturated carbocycles. The molecule has 1 aliphatic heterocycles. The summed E-state index contributed by atoms with van der Waals surface area (Å²) in [5.74, 6) is -1.02. The number of benzene rings is 1. The molecule has 3 nitrogen and oxygen atoms in total. The molecule has 1 aromatic carbocycles. The number of ketones is 1. The van der Waals surface area contributed by atoms with Crippen LogP contribution < -0.4 is 0 Å². The van der Waals surface area contributed by atoms with E-state index in [1.165, 1.54) is 12.1 Å². The number of esters is 1. The third-order valence-electron chi connectivity index (χ3n) is 5.14. The third kappa shape index (κ3) is 2.34. The van der Waals surface area contributed by atoms with E-state index in [9.17, 15) is 14.0 Å². The minimum Gasteiger partial charge on any atom is -0.456 e. The first-order chi connectivity index (χ1) is 10.6. The molecule has 0 radical (unpaired) electrons. The average Bonchev–Trinajstić information content (AvgIpc) is 2.54. The fourth-order valence-corrected chi connectivity index (χ4v) is 3.86. The minimum absolute atomic E-state index is 0.0280. The first-order valence-corrected chi connectivity index (χ1v) is 8.09. The molecule has 0 bridgehead atoms. The molecule has 1 aromatic rings. The van der Waals surface area contributed by atoms with Gasteiger partial charge in [0.1, 0.15) is 17.3 Å². The minimum atomic E-state index is -0.921. The van der Waals surface area contributed by atoms with Crippen LogP contribution >= 0.6 is 0 Å². The number of carbonyl (C=O) groups excluding carboxylic acids is 2. The lowest BCUT2D eigenvalue weighted by molar-refractivity contribution is -0.184. The van der Waals surface area contributed by atoms with Crippen molar-refractivity contribution in [3.8, 4) is 0 Å². The van der Waals surface area contributed by atoms with E-state index in [1.54, 1.807) is 12.1 Å². The van der Waals surface area contributed by atoms with Crippen LogP contribution in [0.15, 0.2) is 24.3 Å². The Morgan fingerprint density at radius 1 is 1.14 bits per heavy atom. The molecule has 1 heterocycles. The second-order valence-corrected chi connectivity index (χ2v) is 6.40. The SMILES string of the molecule is CC[C@@H]1C(=O)C2(CCCCC2)C(=O)O[C@H]1c1ccc(F)cc1. The molecule has 4 heteroatoms.